The predicted molar refractivity (Wildman–Crippen MR) is 69.2 cm³/mol. The van der Waals surface area contributed by atoms with E-state index in [1.165, 1.54) is 0 Å². The molecule has 0 aliphatic rings. The maximum absolute atomic E-state index is 9.49. The van der Waals surface area contributed by atoms with Crippen LogP contribution in [-0.2, 0) is 6.61 Å². The third kappa shape index (κ3) is 2.15. The second-order valence-electron chi connectivity index (χ2n) is 4.38. The van der Waals surface area contributed by atoms with E-state index in [1.54, 1.807) is 0 Å². The van der Waals surface area contributed by atoms with Crippen LogP contribution in [0.4, 0.5) is 5.82 Å². The Morgan fingerprint density at radius 2 is 2.33 bits per heavy atom. The second-order valence-corrected chi connectivity index (χ2v) is 4.38. The lowest BCUT2D eigenvalue weighted by Gasteiger charge is -2.18. The molecule has 0 aliphatic carbocycles. The highest BCUT2D eigenvalue weighted by Gasteiger charge is 2.16. The normalized spacial score (nSPS) is 12.3. The highest BCUT2D eigenvalue weighted by atomic mass is 16.3. The van der Waals surface area contributed by atoms with E-state index >= 15 is 0 Å². The summed E-state index contributed by atoms with van der Waals surface area (Å²) in [6.07, 6.45) is 1.87. The fraction of sp³-hybridized carbons (Fsp3) is 0.385. The molecule has 2 rings (SSSR count). The summed E-state index contributed by atoms with van der Waals surface area (Å²) in [5, 5.41) is 18.3. The second kappa shape index (κ2) is 5.07. The number of pyridine rings is 1. The van der Waals surface area contributed by atoms with Gasteiger partial charge in [0, 0.05) is 19.8 Å². The molecule has 5 nitrogen and oxygen atoms in total. The largest absolute Gasteiger partial charge is 0.390 e. The number of hydrogen-bond donors (Lipinski definition) is 1. The van der Waals surface area contributed by atoms with E-state index in [9.17, 15) is 5.11 Å². The van der Waals surface area contributed by atoms with Crippen molar-refractivity contribution in [2.75, 3.05) is 18.5 Å². The highest BCUT2D eigenvalue weighted by molar-refractivity contribution is 5.55. The molecule has 0 spiro atoms. The Bertz CT molecular complexity index is 584. The van der Waals surface area contributed by atoms with Gasteiger partial charge in [0.25, 0.3) is 0 Å². The molecule has 0 saturated heterocycles. The van der Waals surface area contributed by atoms with Crippen molar-refractivity contribution in [3.63, 3.8) is 0 Å². The molecule has 0 radical (unpaired) electrons. The molecule has 0 aromatic carbocycles. The summed E-state index contributed by atoms with van der Waals surface area (Å²) >= 11 is 0. The van der Waals surface area contributed by atoms with Gasteiger partial charge in [-0.25, -0.2) is 4.98 Å². The monoisotopic (exact) mass is 244 g/mol. The summed E-state index contributed by atoms with van der Waals surface area (Å²) in [5.74, 6) is 0.650. The Morgan fingerprint density at radius 1 is 1.56 bits per heavy atom. The average Bonchev–Trinajstić information content (AvgIpc) is 2.77. The van der Waals surface area contributed by atoms with Crippen LogP contribution in [0.25, 0.3) is 5.65 Å². The van der Waals surface area contributed by atoms with E-state index in [2.05, 4.69) is 11.1 Å². The van der Waals surface area contributed by atoms with Crippen LogP contribution < -0.4 is 4.90 Å². The third-order valence-electron chi connectivity index (χ3n) is 2.89. The van der Waals surface area contributed by atoms with Crippen molar-refractivity contribution in [3.05, 3.63) is 30.1 Å². The van der Waals surface area contributed by atoms with E-state index in [1.807, 2.05) is 47.7 Å². The SMILES string of the molecule is CC(C#N)CN(C)c1nc2ccccn2c1CO. The lowest BCUT2D eigenvalue weighted by Crippen LogP contribution is -2.24. The molecule has 2 aromatic rings. The average molecular weight is 244 g/mol. The lowest BCUT2D eigenvalue weighted by molar-refractivity contribution is 0.276. The molecule has 5 heteroatoms. The van der Waals surface area contributed by atoms with Crippen molar-refractivity contribution in [2.45, 2.75) is 13.5 Å². The quantitative estimate of drug-likeness (QED) is 0.883. The number of aliphatic hydroxyl groups is 1. The predicted octanol–water partition coefficient (Wildman–Crippen LogP) is 1.42. The van der Waals surface area contributed by atoms with Crippen molar-refractivity contribution in [1.82, 2.24) is 9.38 Å². The summed E-state index contributed by atoms with van der Waals surface area (Å²) in [4.78, 5) is 6.40. The van der Waals surface area contributed by atoms with Gasteiger partial charge < -0.3 is 10.0 Å². The molecule has 2 heterocycles. The smallest absolute Gasteiger partial charge is 0.153 e. The number of nitriles is 1. The molecule has 18 heavy (non-hydrogen) atoms. The zero-order valence-electron chi connectivity index (χ0n) is 10.5. The first-order valence-electron chi connectivity index (χ1n) is 5.85. The first-order valence-corrected chi connectivity index (χ1v) is 5.85. The van der Waals surface area contributed by atoms with Crippen LogP contribution >= 0.6 is 0 Å². The van der Waals surface area contributed by atoms with Crippen LogP contribution in [-0.4, -0.2) is 28.1 Å². The molecular formula is C13H16N4O. The summed E-state index contributed by atoms with van der Waals surface area (Å²) in [7, 11) is 1.88. The van der Waals surface area contributed by atoms with Crippen LogP contribution in [0, 0.1) is 17.2 Å². The number of nitrogens with zero attached hydrogens (tertiary/aromatic N) is 4. The number of rotatable bonds is 4. The Labute approximate surface area is 106 Å². The van der Waals surface area contributed by atoms with Gasteiger partial charge in [-0.05, 0) is 19.1 Å². The Hall–Kier alpha value is -2.06. The summed E-state index contributed by atoms with van der Waals surface area (Å²) in [6.45, 7) is 2.38. The summed E-state index contributed by atoms with van der Waals surface area (Å²) in [6, 6.07) is 7.90. The minimum Gasteiger partial charge on any atom is -0.390 e. The van der Waals surface area contributed by atoms with Crippen LogP contribution in [0.2, 0.25) is 0 Å². The van der Waals surface area contributed by atoms with Gasteiger partial charge in [0.2, 0.25) is 0 Å². The maximum Gasteiger partial charge on any atom is 0.153 e. The number of anilines is 1. The third-order valence-corrected chi connectivity index (χ3v) is 2.89. The standard InChI is InChI=1S/C13H16N4O/c1-10(7-14)8-16(2)13-11(9-18)17-6-4-3-5-12(17)15-13/h3-6,10,18H,8-9H2,1-2H3. The summed E-state index contributed by atoms with van der Waals surface area (Å²) < 4.78 is 1.86. The zero-order valence-corrected chi connectivity index (χ0v) is 10.5. The van der Waals surface area contributed by atoms with Crippen molar-refractivity contribution < 1.29 is 5.11 Å². The van der Waals surface area contributed by atoms with Gasteiger partial charge in [0.1, 0.15) is 5.65 Å². The lowest BCUT2D eigenvalue weighted by atomic mass is 10.2. The molecule has 1 atom stereocenters. The van der Waals surface area contributed by atoms with Crippen molar-refractivity contribution in [3.8, 4) is 6.07 Å². The highest BCUT2D eigenvalue weighted by Crippen LogP contribution is 2.21. The molecule has 1 unspecified atom stereocenters. The van der Waals surface area contributed by atoms with Gasteiger partial charge in [-0.15, -0.1) is 0 Å². The van der Waals surface area contributed by atoms with E-state index in [4.69, 9.17) is 5.26 Å². The molecule has 1 N–H and O–H groups in total. The van der Waals surface area contributed by atoms with Gasteiger partial charge in [0.05, 0.1) is 24.3 Å². The van der Waals surface area contributed by atoms with E-state index in [-0.39, 0.29) is 12.5 Å². The first-order chi connectivity index (χ1) is 8.67. The first kappa shape index (κ1) is 12.4. The van der Waals surface area contributed by atoms with Gasteiger partial charge >= 0.3 is 0 Å². The molecular weight excluding hydrogens is 228 g/mol. The van der Waals surface area contributed by atoms with Crippen molar-refractivity contribution in [1.29, 1.82) is 5.26 Å². The number of aromatic nitrogens is 2. The van der Waals surface area contributed by atoms with E-state index in [0.29, 0.717) is 6.54 Å². The van der Waals surface area contributed by atoms with Gasteiger partial charge in [-0.3, -0.25) is 4.40 Å². The van der Waals surface area contributed by atoms with Crippen LogP contribution in [0.15, 0.2) is 24.4 Å². The number of fused-ring (bicyclic) bond motifs is 1. The van der Waals surface area contributed by atoms with Crippen molar-refractivity contribution >= 4 is 11.5 Å². The Kier molecular flexibility index (Phi) is 3.49. The van der Waals surface area contributed by atoms with E-state index in [0.717, 1.165) is 17.2 Å². The van der Waals surface area contributed by atoms with E-state index < -0.39 is 0 Å². The number of hydrogen-bond acceptors (Lipinski definition) is 4. The van der Waals surface area contributed by atoms with Crippen LogP contribution in [0.5, 0.6) is 0 Å². The zero-order chi connectivity index (χ0) is 13.1. The fourth-order valence-electron chi connectivity index (χ4n) is 2.02. The topological polar surface area (TPSA) is 64.6 Å². The molecule has 0 bridgehead atoms. The Morgan fingerprint density at radius 3 is 3.00 bits per heavy atom. The maximum atomic E-state index is 9.49. The van der Waals surface area contributed by atoms with Crippen LogP contribution in [0.1, 0.15) is 12.6 Å². The number of imidazole rings is 1. The molecule has 0 saturated carbocycles. The molecule has 0 amide bonds. The van der Waals surface area contributed by atoms with Gasteiger partial charge in [-0.2, -0.15) is 5.26 Å². The minimum atomic E-state index is -0.0776. The van der Waals surface area contributed by atoms with Gasteiger partial charge in [0.15, 0.2) is 5.82 Å². The minimum absolute atomic E-state index is 0.0774. The molecule has 0 fully saturated rings. The van der Waals surface area contributed by atoms with Crippen LogP contribution in [0.3, 0.4) is 0 Å². The summed E-state index contributed by atoms with van der Waals surface area (Å²) in [5.41, 5.74) is 1.55. The molecule has 2 aromatic heterocycles. The fourth-order valence-corrected chi connectivity index (χ4v) is 2.02. The van der Waals surface area contributed by atoms with Gasteiger partial charge in [-0.1, -0.05) is 6.07 Å². The molecule has 0 aliphatic heterocycles. The number of aliphatic hydroxyl groups excluding tert-OH is 1. The Balaban J connectivity index is 2.41. The molecule has 94 valence electrons. The van der Waals surface area contributed by atoms with Crippen molar-refractivity contribution in [2.24, 2.45) is 5.92 Å².